The standard InChI is InChI=1S/C33H44N8O16/c34-12-23(43)35-14-24(44)36-15-25(45)38-22(11-29(52)53)33(57)41-21(7-10-28(50)51)32(56)40-20(6-9-27(48)49)31(55)39-19(5-8-26(46)47)30(54)37-13-17-1-3-18(16-42)4-2-17/h1-4,16,19-22H,5-15,34H2,(H,35,43)(H,36,44)(H,37,54)(H,38,45)(H,39,55)(H,40,56)(H,41,57)(H,46,47)(H,48,49)(H,50,51)(H,52,53). The number of rotatable bonds is 27. The molecule has 4 atom stereocenters. The highest BCUT2D eigenvalue weighted by Crippen LogP contribution is 2.08. The van der Waals surface area contributed by atoms with E-state index in [1.165, 1.54) is 24.3 Å². The molecule has 0 radical (unpaired) electrons. The summed E-state index contributed by atoms with van der Waals surface area (Å²) in [5, 5.41) is 52.3. The van der Waals surface area contributed by atoms with Gasteiger partial charge < -0.3 is 63.4 Å². The van der Waals surface area contributed by atoms with E-state index in [4.69, 9.17) is 5.73 Å². The van der Waals surface area contributed by atoms with Crippen LogP contribution in [0.4, 0.5) is 0 Å². The number of carbonyl (C=O) groups is 12. The van der Waals surface area contributed by atoms with Gasteiger partial charge in [0.25, 0.3) is 0 Å². The predicted molar refractivity (Wildman–Crippen MR) is 189 cm³/mol. The first-order valence-corrected chi connectivity index (χ1v) is 17.0. The van der Waals surface area contributed by atoms with Crippen LogP contribution < -0.4 is 43.0 Å². The summed E-state index contributed by atoms with van der Waals surface area (Å²) < 4.78 is 0. The van der Waals surface area contributed by atoms with Gasteiger partial charge in [0.15, 0.2) is 0 Å². The summed E-state index contributed by atoms with van der Waals surface area (Å²) in [6, 6.07) is -1.07. The predicted octanol–water partition coefficient (Wildman–Crippen LogP) is -4.69. The summed E-state index contributed by atoms with van der Waals surface area (Å²) >= 11 is 0. The molecule has 0 aliphatic carbocycles. The first-order chi connectivity index (χ1) is 26.8. The van der Waals surface area contributed by atoms with Crippen LogP contribution in [0.5, 0.6) is 0 Å². The molecule has 1 aromatic rings. The van der Waals surface area contributed by atoms with E-state index >= 15 is 0 Å². The van der Waals surface area contributed by atoms with Crippen molar-refractivity contribution in [1.82, 2.24) is 37.2 Å². The molecule has 0 aliphatic heterocycles. The van der Waals surface area contributed by atoms with Crippen molar-refractivity contribution in [1.29, 1.82) is 0 Å². The molecule has 0 spiro atoms. The SMILES string of the molecule is NCC(=O)NCC(=O)NCC(=O)NC(CC(=O)O)C(=O)NC(CCC(=O)O)C(=O)NC(CCC(=O)O)C(=O)NC(CCC(=O)O)C(=O)NCc1ccc(C=O)cc1. The van der Waals surface area contributed by atoms with Gasteiger partial charge in [-0.1, -0.05) is 24.3 Å². The van der Waals surface area contributed by atoms with Gasteiger partial charge in [-0.3, -0.25) is 57.5 Å². The second-order valence-corrected chi connectivity index (χ2v) is 12.0. The first-order valence-electron chi connectivity index (χ1n) is 17.0. The molecule has 1 rings (SSSR count). The minimum absolute atomic E-state index is 0.117. The molecular weight excluding hydrogens is 764 g/mol. The van der Waals surface area contributed by atoms with Crippen LogP contribution >= 0.6 is 0 Å². The quantitative estimate of drug-likeness (QED) is 0.0372. The highest BCUT2D eigenvalue weighted by Gasteiger charge is 2.33. The van der Waals surface area contributed by atoms with Crippen molar-refractivity contribution in [3.8, 4) is 0 Å². The third kappa shape index (κ3) is 20.3. The van der Waals surface area contributed by atoms with Crippen LogP contribution in [0, 0.1) is 0 Å². The maximum Gasteiger partial charge on any atom is 0.305 e. The number of carboxylic acids is 4. The van der Waals surface area contributed by atoms with Gasteiger partial charge in [0.05, 0.1) is 26.1 Å². The molecule has 1 aromatic carbocycles. The average Bonchev–Trinajstić information content (AvgIpc) is 3.15. The number of hydrogen-bond donors (Lipinski definition) is 12. The number of aliphatic carboxylic acids is 4. The van der Waals surface area contributed by atoms with E-state index in [1.54, 1.807) is 0 Å². The van der Waals surface area contributed by atoms with Crippen molar-refractivity contribution >= 4 is 71.5 Å². The van der Waals surface area contributed by atoms with E-state index in [-0.39, 0.29) is 6.54 Å². The second kappa shape index (κ2) is 25.2. The molecule has 0 aromatic heterocycles. The molecule has 0 bridgehead atoms. The first kappa shape index (κ1) is 48.0. The summed E-state index contributed by atoms with van der Waals surface area (Å²) in [4.78, 5) is 145. The molecule has 24 heteroatoms. The lowest BCUT2D eigenvalue weighted by Gasteiger charge is -2.26. The third-order valence-corrected chi connectivity index (χ3v) is 7.53. The van der Waals surface area contributed by atoms with Gasteiger partial charge in [-0.05, 0) is 24.8 Å². The number of aldehydes is 1. The van der Waals surface area contributed by atoms with Gasteiger partial charge in [-0.25, -0.2) is 0 Å². The van der Waals surface area contributed by atoms with E-state index < -0.39 is 154 Å². The fourth-order valence-corrected chi connectivity index (χ4v) is 4.57. The van der Waals surface area contributed by atoms with Crippen molar-refractivity contribution in [2.75, 3.05) is 19.6 Å². The number of carbonyl (C=O) groups excluding carboxylic acids is 8. The van der Waals surface area contributed by atoms with E-state index in [1.807, 2.05) is 5.32 Å². The van der Waals surface area contributed by atoms with Crippen LogP contribution in [0.15, 0.2) is 24.3 Å². The fourth-order valence-electron chi connectivity index (χ4n) is 4.57. The van der Waals surface area contributed by atoms with E-state index in [0.717, 1.165) is 0 Å². The summed E-state index contributed by atoms with van der Waals surface area (Å²) in [5.41, 5.74) is 5.99. The molecule has 0 fully saturated rings. The average molecular weight is 809 g/mol. The van der Waals surface area contributed by atoms with Crippen LogP contribution in [-0.4, -0.2) is 136 Å². The van der Waals surface area contributed by atoms with Crippen LogP contribution in [0.2, 0.25) is 0 Å². The second-order valence-electron chi connectivity index (χ2n) is 12.0. The third-order valence-electron chi connectivity index (χ3n) is 7.53. The van der Waals surface area contributed by atoms with Crippen LogP contribution in [-0.2, 0) is 59.3 Å². The Kier molecular flexibility index (Phi) is 21.2. The zero-order valence-corrected chi connectivity index (χ0v) is 30.2. The maximum absolute atomic E-state index is 13.5. The molecule has 13 N–H and O–H groups in total. The molecule has 0 saturated carbocycles. The Morgan fingerprint density at radius 3 is 1.37 bits per heavy atom. The van der Waals surface area contributed by atoms with Gasteiger partial charge in [0, 0.05) is 31.4 Å². The molecule has 0 saturated heterocycles. The Morgan fingerprint density at radius 2 is 0.947 bits per heavy atom. The summed E-state index contributed by atoms with van der Waals surface area (Å²) in [6.45, 7) is -1.90. The largest absolute Gasteiger partial charge is 0.481 e. The van der Waals surface area contributed by atoms with Crippen molar-refractivity contribution < 1.29 is 78.0 Å². The number of hydrogen-bond acceptors (Lipinski definition) is 13. The van der Waals surface area contributed by atoms with Gasteiger partial charge in [-0.2, -0.15) is 0 Å². The fraction of sp³-hybridized carbons (Fsp3) is 0.455. The van der Waals surface area contributed by atoms with Crippen LogP contribution in [0.3, 0.4) is 0 Å². The minimum Gasteiger partial charge on any atom is -0.481 e. The smallest absolute Gasteiger partial charge is 0.305 e. The lowest BCUT2D eigenvalue weighted by atomic mass is 10.0. The lowest BCUT2D eigenvalue weighted by Crippen LogP contribution is -2.58. The van der Waals surface area contributed by atoms with E-state index in [2.05, 4.69) is 31.9 Å². The molecule has 312 valence electrons. The van der Waals surface area contributed by atoms with Crippen LogP contribution in [0.1, 0.15) is 60.9 Å². The Labute approximate surface area is 323 Å². The summed E-state index contributed by atoms with van der Waals surface area (Å²) in [7, 11) is 0. The van der Waals surface area contributed by atoms with Crippen molar-refractivity contribution in [3.63, 3.8) is 0 Å². The monoisotopic (exact) mass is 808 g/mol. The van der Waals surface area contributed by atoms with Crippen molar-refractivity contribution in [2.24, 2.45) is 5.73 Å². The number of nitrogens with two attached hydrogens (primary N) is 1. The number of carboxylic acid groups (broad SMARTS) is 4. The normalized spacial score (nSPS) is 12.5. The maximum atomic E-state index is 13.5. The summed E-state index contributed by atoms with van der Waals surface area (Å²) in [5.74, 6) is -13.1. The molecule has 7 amide bonds. The van der Waals surface area contributed by atoms with Crippen molar-refractivity contribution in [2.45, 2.75) is 75.7 Å². The van der Waals surface area contributed by atoms with Gasteiger partial charge >= 0.3 is 23.9 Å². The highest BCUT2D eigenvalue weighted by molar-refractivity contribution is 5.97. The molecule has 24 nitrogen and oxygen atoms in total. The number of amides is 7. The molecule has 0 heterocycles. The molecule has 4 unspecified atom stereocenters. The van der Waals surface area contributed by atoms with E-state index in [0.29, 0.717) is 17.4 Å². The van der Waals surface area contributed by atoms with E-state index in [9.17, 15) is 78.0 Å². The molecular formula is C33H44N8O16. The topological polar surface area (TPSA) is 396 Å². The Bertz CT molecular complexity index is 1670. The molecule has 57 heavy (non-hydrogen) atoms. The minimum atomic E-state index is -1.91. The highest BCUT2D eigenvalue weighted by atomic mass is 16.4. The zero-order chi connectivity index (χ0) is 43.1. The Balaban J connectivity index is 3.21. The van der Waals surface area contributed by atoms with Crippen molar-refractivity contribution in [3.05, 3.63) is 35.4 Å². The van der Waals surface area contributed by atoms with Gasteiger partial charge in [-0.15, -0.1) is 0 Å². The Hall–Kier alpha value is -6.98. The van der Waals surface area contributed by atoms with Gasteiger partial charge in [0.1, 0.15) is 30.5 Å². The zero-order valence-electron chi connectivity index (χ0n) is 30.2. The molecule has 0 aliphatic rings. The Morgan fingerprint density at radius 1 is 0.526 bits per heavy atom. The number of nitrogens with one attached hydrogen (secondary N) is 7. The summed E-state index contributed by atoms with van der Waals surface area (Å²) in [6.07, 6.45) is -4.36. The lowest BCUT2D eigenvalue weighted by molar-refractivity contribution is -0.141. The van der Waals surface area contributed by atoms with Crippen LogP contribution in [0.25, 0.3) is 0 Å². The number of benzene rings is 1. The van der Waals surface area contributed by atoms with Gasteiger partial charge in [0.2, 0.25) is 41.4 Å².